The molecular formula is C14H20N2O5. The molecule has 4 N–H and O–H groups in total. The van der Waals surface area contributed by atoms with Crippen LogP contribution in [0.4, 0.5) is 10.5 Å². The Balaban J connectivity index is 2.45. The fourth-order valence-corrected chi connectivity index (χ4v) is 1.68. The lowest BCUT2D eigenvalue weighted by Crippen LogP contribution is -2.33. The number of methoxy groups -OCH3 is 1. The van der Waals surface area contributed by atoms with Gasteiger partial charge in [-0.3, -0.25) is 0 Å². The normalized spacial score (nSPS) is 11.7. The van der Waals surface area contributed by atoms with Crippen LogP contribution in [0.15, 0.2) is 24.3 Å². The molecule has 7 heteroatoms. The Kier molecular flexibility index (Phi) is 7.20. The number of rotatable bonds is 8. The van der Waals surface area contributed by atoms with E-state index in [1.54, 1.807) is 19.2 Å². The maximum atomic E-state index is 11.7. The second-order valence-electron chi connectivity index (χ2n) is 4.42. The summed E-state index contributed by atoms with van der Waals surface area (Å²) in [6.07, 6.45) is -0.849. The molecule has 2 amide bonds. The monoisotopic (exact) mass is 296 g/mol. The summed E-state index contributed by atoms with van der Waals surface area (Å²) in [6.45, 7) is 0.616. The van der Waals surface area contributed by atoms with Gasteiger partial charge in [0.2, 0.25) is 0 Å². The molecule has 0 saturated carbocycles. The molecule has 0 bridgehead atoms. The Bertz CT molecular complexity index is 478. The van der Waals surface area contributed by atoms with Crippen molar-refractivity contribution in [3.05, 3.63) is 29.8 Å². The van der Waals surface area contributed by atoms with E-state index < -0.39 is 18.1 Å². The van der Waals surface area contributed by atoms with Crippen molar-refractivity contribution in [1.29, 1.82) is 0 Å². The average Bonchev–Trinajstić information content (AvgIpc) is 2.46. The molecule has 0 aliphatic carbocycles. The van der Waals surface area contributed by atoms with E-state index in [1.165, 1.54) is 0 Å². The number of carboxylic acid groups (broad SMARTS) is 1. The zero-order valence-electron chi connectivity index (χ0n) is 11.8. The van der Waals surface area contributed by atoms with Crippen LogP contribution in [-0.2, 0) is 16.0 Å². The smallest absolute Gasteiger partial charge is 0.332 e. The third-order valence-electron chi connectivity index (χ3n) is 2.83. The van der Waals surface area contributed by atoms with Crippen molar-refractivity contribution in [2.45, 2.75) is 18.9 Å². The fraction of sp³-hybridized carbons (Fsp3) is 0.429. The number of urea groups is 1. The van der Waals surface area contributed by atoms with Crippen molar-refractivity contribution in [2.24, 2.45) is 0 Å². The molecular weight excluding hydrogens is 276 g/mol. The number of carbonyl (C=O) groups excluding carboxylic acids is 1. The SMILES string of the molecule is COCCc1ccccc1NC(=O)NCC[C@H](O)C(=O)O. The highest BCUT2D eigenvalue weighted by Gasteiger charge is 2.13. The molecule has 1 rings (SSSR count). The van der Waals surface area contributed by atoms with E-state index in [0.717, 1.165) is 5.56 Å². The molecule has 1 atom stereocenters. The van der Waals surface area contributed by atoms with Crippen molar-refractivity contribution in [3.8, 4) is 0 Å². The Hall–Kier alpha value is -2.12. The topological polar surface area (TPSA) is 108 Å². The van der Waals surface area contributed by atoms with Crippen LogP contribution < -0.4 is 10.6 Å². The molecule has 1 aromatic rings. The fourth-order valence-electron chi connectivity index (χ4n) is 1.68. The number of amides is 2. The number of nitrogens with one attached hydrogen (secondary N) is 2. The lowest BCUT2D eigenvalue weighted by Gasteiger charge is -2.12. The summed E-state index contributed by atoms with van der Waals surface area (Å²) in [4.78, 5) is 22.1. The molecule has 0 saturated heterocycles. The maximum absolute atomic E-state index is 11.7. The summed E-state index contributed by atoms with van der Waals surface area (Å²) >= 11 is 0. The number of aliphatic hydroxyl groups is 1. The zero-order valence-corrected chi connectivity index (χ0v) is 11.8. The van der Waals surface area contributed by atoms with Crippen molar-refractivity contribution in [2.75, 3.05) is 25.6 Å². The molecule has 0 aromatic heterocycles. The second kappa shape index (κ2) is 8.93. The first-order valence-corrected chi connectivity index (χ1v) is 6.57. The highest BCUT2D eigenvalue weighted by molar-refractivity contribution is 5.90. The number of hydrogen-bond donors (Lipinski definition) is 4. The maximum Gasteiger partial charge on any atom is 0.332 e. The number of aliphatic carboxylic acids is 1. The van der Waals surface area contributed by atoms with E-state index in [2.05, 4.69) is 10.6 Å². The molecule has 0 heterocycles. The molecule has 1 aromatic carbocycles. The number of carbonyl (C=O) groups is 2. The Morgan fingerprint density at radius 1 is 1.33 bits per heavy atom. The number of anilines is 1. The Morgan fingerprint density at radius 3 is 2.71 bits per heavy atom. The van der Waals surface area contributed by atoms with Crippen molar-refractivity contribution in [1.82, 2.24) is 5.32 Å². The van der Waals surface area contributed by atoms with Gasteiger partial charge in [-0.2, -0.15) is 0 Å². The first kappa shape index (κ1) is 16.9. The van der Waals surface area contributed by atoms with Gasteiger partial charge in [0.25, 0.3) is 0 Å². The first-order chi connectivity index (χ1) is 10.0. The van der Waals surface area contributed by atoms with Crippen LogP contribution in [0.3, 0.4) is 0 Å². The average molecular weight is 296 g/mol. The summed E-state index contributed by atoms with van der Waals surface area (Å²) in [5.41, 5.74) is 1.62. The molecule has 0 spiro atoms. The van der Waals surface area contributed by atoms with Crippen LogP contribution in [0.1, 0.15) is 12.0 Å². The summed E-state index contributed by atoms with van der Waals surface area (Å²) in [7, 11) is 1.61. The van der Waals surface area contributed by atoms with E-state index in [9.17, 15) is 9.59 Å². The minimum Gasteiger partial charge on any atom is -0.479 e. The first-order valence-electron chi connectivity index (χ1n) is 6.57. The van der Waals surface area contributed by atoms with Gasteiger partial charge in [-0.25, -0.2) is 9.59 Å². The van der Waals surface area contributed by atoms with Gasteiger partial charge >= 0.3 is 12.0 Å². The molecule has 0 aliphatic heterocycles. The van der Waals surface area contributed by atoms with Gasteiger partial charge in [0.1, 0.15) is 0 Å². The highest BCUT2D eigenvalue weighted by Crippen LogP contribution is 2.15. The minimum atomic E-state index is -1.47. The van der Waals surface area contributed by atoms with Crippen LogP contribution in [-0.4, -0.2) is 48.6 Å². The third-order valence-corrected chi connectivity index (χ3v) is 2.83. The lowest BCUT2D eigenvalue weighted by molar-refractivity contribution is -0.146. The largest absolute Gasteiger partial charge is 0.479 e. The summed E-state index contributed by atoms with van der Waals surface area (Å²) in [5, 5.41) is 22.8. The van der Waals surface area contributed by atoms with E-state index in [1.807, 2.05) is 12.1 Å². The number of ether oxygens (including phenoxy) is 1. The highest BCUT2D eigenvalue weighted by atomic mass is 16.5. The quantitative estimate of drug-likeness (QED) is 0.568. The molecule has 21 heavy (non-hydrogen) atoms. The van der Waals surface area contributed by atoms with Gasteiger partial charge in [0.15, 0.2) is 6.10 Å². The molecule has 0 unspecified atom stereocenters. The van der Waals surface area contributed by atoms with Gasteiger partial charge in [-0.15, -0.1) is 0 Å². The zero-order chi connectivity index (χ0) is 15.7. The van der Waals surface area contributed by atoms with Gasteiger partial charge in [-0.05, 0) is 18.1 Å². The minimum absolute atomic E-state index is 0.0475. The summed E-state index contributed by atoms with van der Waals surface area (Å²) in [6, 6.07) is 6.90. The predicted octanol–water partition coefficient (Wildman–Crippen LogP) is 0.833. The van der Waals surface area contributed by atoms with E-state index >= 15 is 0 Å². The number of benzene rings is 1. The lowest BCUT2D eigenvalue weighted by atomic mass is 10.1. The van der Waals surface area contributed by atoms with Crippen LogP contribution in [0.5, 0.6) is 0 Å². The van der Waals surface area contributed by atoms with Crippen LogP contribution in [0.2, 0.25) is 0 Å². The van der Waals surface area contributed by atoms with Crippen molar-refractivity contribution in [3.63, 3.8) is 0 Å². The summed E-state index contributed by atoms with van der Waals surface area (Å²) in [5.74, 6) is -1.30. The molecule has 0 radical (unpaired) electrons. The van der Waals surface area contributed by atoms with E-state index in [0.29, 0.717) is 18.7 Å². The van der Waals surface area contributed by atoms with E-state index in [4.69, 9.17) is 14.9 Å². The molecule has 7 nitrogen and oxygen atoms in total. The summed E-state index contributed by atoms with van der Waals surface area (Å²) < 4.78 is 5.01. The van der Waals surface area contributed by atoms with Gasteiger partial charge in [0.05, 0.1) is 6.61 Å². The number of carboxylic acids is 1. The van der Waals surface area contributed by atoms with Gasteiger partial charge in [0, 0.05) is 25.8 Å². The predicted molar refractivity (Wildman–Crippen MR) is 77.3 cm³/mol. The van der Waals surface area contributed by atoms with Crippen LogP contribution >= 0.6 is 0 Å². The molecule has 0 aliphatic rings. The van der Waals surface area contributed by atoms with Crippen LogP contribution in [0, 0.1) is 0 Å². The molecule has 0 fully saturated rings. The third kappa shape index (κ3) is 6.24. The van der Waals surface area contributed by atoms with Gasteiger partial charge in [-0.1, -0.05) is 18.2 Å². The van der Waals surface area contributed by atoms with Crippen molar-refractivity contribution < 1.29 is 24.5 Å². The van der Waals surface area contributed by atoms with Gasteiger partial charge < -0.3 is 25.6 Å². The molecule has 116 valence electrons. The van der Waals surface area contributed by atoms with E-state index in [-0.39, 0.29) is 13.0 Å². The Labute approximate surface area is 122 Å². The number of para-hydroxylation sites is 1. The number of hydrogen-bond acceptors (Lipinski definition) is 4. The second-order valence-corrected chi connectivity index (χ2v) is 4.42. The van der Waals surface area contributed by atoms with Crippen molar-refractivity contribution >= 4 is 17.7 Å². The Morgan fingerprint density at radius 2 is 2.05 bits per heavy atom. The standard InChI is InChI=1S/C14H20N2O5/c1-21-9-7-10-4-2-3-5-11(10)16-14(20)15-8-6-12(17)13(18)19/h2-5,12,17H,6-9H2,1H3,(H,18,19)(H2,15,16,20)/t12-/m0/s1. The number of aliphatic hydroxyl groups excluding tert-OH is 1. The van der Waals surface area contributed by atoms with Crippen LogP contribution in [0.25, 0.3) is 0 Å².